The van der Waals surface area contributed by atoms with Gasteiger partial charge in [-0.15, -0.1) is 0 Å². The number of benzodiazepines with no additional fused rings is 1. The number of hydrogen-bond acceptors (Lipinski definition) is 6. The first-order valence-electron chi connectivity index (χ1n) is 12.1. The molecule has 4 rings (SSSR count). The number of amides is 2. The minimum Gasteiger partial charge on any atom is -0.381 e. The lowest BCUT2D eigenvalue weighted by molar-refractivity contribution is -0.124. The van der Waals surface area contributed by atoms with Crippen molar-refractivity contribution >= 4 is 44.8 Å². The van der Waals surface area contributed by atoms with Gasteiger partial charge in [-0.2, -0.15) is 0 Å². The molecule has 10 heteroatoms. The Morgan fingerprint density at radius 3 is 2.56 bits per heavy atom. The molecule has 2 atom stereocenters. The van der Waals surface area contributed by atoms with Crippen molar-refractivity contribution in [2.24, 2.45) is 10.9 Å². The van der Waals surface area contributed by atoms with Gasteiger partial charge in [0.1, 0.15) is 12.6 Å². The summed E-state index contributed by atoms with van der Waals surface area (Å²) in [6, 6.07) is 13.8. The van der Waals surface area contributed by atoms with Crippen LogP contribution in [0.5, 0.6) is 0 Å². The lowest BCUT2D eigenvalue weighted by Gasteiger charge is -2.27. The summed E-state index contributed by atoms with van der Waals surface area (Å²) in [6.07, 6.45) is 1.32. The zero-order valence-electron chi connectivity index (χ0n) is 20.3. The van der Waals surface area contributed by atoms with E-state index in [2.05, 4.69) is 4.72 Å². The maximum absolute atomic E-state index is 13.8. The Labute approximate surface area is 216 Å². The minimum atomic E-state index is -3.90. The molecule has 2 aromatic carbocycles. The lowest BCUT2D eigenvalue weighted by atomic mass is 9.98. The van der Waals surface area contributed by atoms with E-state index in [-0.39, 0.29) is 11.8 Å². The number of sulfonamides is 1. The van der Waals surface area contributed by atoms with Gasteiger partial charge in [0.05, 0.1) is 16.6 Å². The molecule has 0 aromatic heterocycles. The summed E-state index contributed by atoms with van der Waals surface area (Å²) in [5, 5.41) is -0.250. The van der Waals surface area contributed by atoms with Gasteiger partial charge in [-0.3, -0.25) is 19.3 Å². The van der Waals surface area contributed by atoms with Crippen LogP contribution in [-0.2, 0) is 24.3 Å². The number of fused-ring (bicyclic) bond motifs is 1. The van der Waals surface area contributed by atoms with Crippen LogP contribution in [0.3, 0.4) is 0 Å². The van der Waals surface area contributed by atoms with Crippen molar-refractivity contribution in [2.75, 3.05) is 24.7 Å². The number of rotatable bonds is 7. The molecule has 2 heterocycles. The molecule has 2 aromatic rings. The van der Waals surface area contributed by atoms with Gasteiger partial charge >= 0.3 is 0 Å². The van der Waals surface area contributed by atoms with Crippen LogP contribution >= 0.6 is 11.6 Å². The fourth-order valence-electron chi connectivity index (χ4n) is 4.46. The van der Waals surface area contributed by atoms with Gasteiger partial charge in [0, 0.05) is 29.4 Å². The second-order valence-electron chi connectivity index (χ2n) is 9.14. The Hall–Kier alpha value is -2.75. The van der Waals surface area contributed by atoms with Crippen molar-refractivity contribution < 1.29 is 22.7 Å². The van der Waals surface area contributed by atoms with Gasteiger partial charge in [-0.25, -0.2) is 8.42 Å². The maximum Gasteiger partial charge on any atom is 0.253 e. The molecule has 0 saturated carbocycles. The number of carbonyl (C=O) groups is 2. The monoisotopic (exact) mass is 531 g/mol. The van der Waals surface area contributed by atoms with Crippen molar-refractivity contribution in [1.82, 2.24) is 4.72 Å². The first kappa shape index (κ1) is 26.3. The molecule has 0 aliphatic carbocycles. The van der Waals surface area contributed by atoms with Crippen LogP contribution in [0.15, 0.2) is 53.5 Å². The van der Waals surface area contributed by atoms with Gasteiger partial charge in [0.15, 0.2) is 0 Å². The standard InChI is InChI=1S/C26H30ClN3O5S/c1-3-17(2)24-26(32)30(16-23(31)29-36(33,34)20-11-13-35-14-12-20)22-10-9-19(27)15-21(22)25(28-24)18-7-5-4-6-8-18/h4-10,15,17,20,24H,3,11-14,16H2,1-2H3,(H,29,31)/t17-,24?/m0/s1. The molecule has 1 N–H and O–H groups in total. The molecule has 2 aliphatic heterocycles. The smallest absolute Gasteiger partial charge is 0.253 e. The Morgan fingerprint density at radius 2 is 1.89 bits per heavy atom. The van der Waals surface area contributed by atoms with Crippen molar-refractivity contribution in [1.29, 1.82) is 0 Å². The van der Waals surface area contributed by atoms with Gasteiger partial charge < -0.3 is 9.64 Å². The summed E-state index contributed by atoms with van der Waals surface area (Å²) < 4.78 is 33.0. The summed E-state index contributed by atoms with van der Waals surface area (Å²) in [5.74, 6) is -1.25. The average Bonchev–Trinajstić information content (AvgIpc) is 2.99. The molecule has 0 radical (unpaired) electrons. The van der Waals surface area contributed by atoms with Crippen molar-refractivity contribution in [3.8, 4) is 0 Å². The topological polar surface area (TPSA) is 105 Å². The van der Waals surface area contributed by atoms with Gasteiger partial charge in [-0.1, -0.05) is 62.2 Å². The van der Waals surface area contributed by atoms with E-state index in [1.165, 1.54) is 4.90 Å². The molecule has 36 heavy (non-hydrogen) atoms. The third kappa shape index (κ3) is 5.63. The third-order valence-corrected chi connectivity index (χ3v) is 8.78. The highest BCUT2D eigenvalue weighted by Gasteiger charge is 2.37. The van der Waals surface area contributed by atoms with Crippen LogP contribution in [0.4, 0.5) is 5.69 Å². The normalized spacial score (nSPS) is 19.8. The highest BCUT2D eigenvalue weighted by atomic mass is 35.5. The molecule has 1 saturated heterocycles. The van der Waals surface area contributed by atoms with Gasteiger partial charge in [0.2, 0.25) is 10.0 Å². The van der Waals surface area contributed by atoms with E-state index in [0.717, 1.165) is 5.56 Å². The fraction of sp³-hybridized carbons (Fsp3) is 0.423. The highest BCUT2D eigenvalue weighted by Crippen LogP contribution is 2.33. The van der Waals surface area contributed by atoms with E-state index in [1.807, 2.05) is 44.2 Å². The Kier molecular flexibility index (Phi) is 8.12. The first-order valence-corrected chi connectivity index (χ1v) is 14.0. The summed E-state index contributed by atoms with van der Waals surface area (Å²) in [5.41, 5.74) is 2.48. The maximum atomic E-state index is 13.8. The van der Waals surface area contributed by atoms with Gasteiger partial charge in [0.25, 0.3) is 11.8 Å². The summed E-state index contributed by atoms with van der Waals surface area (Å²) in [4.78, 5) is 33.1. The van der Waals surface area contributed by atoms with E-state index in [1.54, 1.807) is 18.2 Å². The Morgan fingerprint density at radius 1 is 1.19 bits per heavy atom. The van der Waals surface area contributed by atoms with E-state index in [0.29, 0.717) is 54.5 Å². The average molecular weight is 532 g/mol. The van der Waals surface area contributed by atoms with Crippen LogP contribution in [0.25, 0.3) is 0 Å². The van der Waals surface area contributed by atoms with Gasteiger partial charge in [-0.05, 0) is 37.0 Å². The number of ether oxygens (including phenoxy) is 1. The summed E-state index contributed by atoms with van der Waals surface area (Å²) in [6.45, 7) is 4.11. The number of anilines is 1. The summed E-state index contributed by atoms with van der Waals surface area (Å²) in [7, 11) is -3.90. The minimum absolute atomic E-state index is 0.113. The number of halogens is 1. The van der Waals surface area contributed by atoms with Crippen molar-refractivity contribution in [3.63, 3.8) is 0 Å². The van der Waals surface area contributed by atoms with Crippen LogP contribution in [-0.4, -0.2) is 57.0 Å². The molecule has 192 valence electrons. The quantitative estimate of drug-likeness (QED) is 0.588. The van der Waals surface area contributed by atoms with Crippen LogP contribution in [0, 0.1) is 5.92 Å². The van der Waals surface area contributed by atoms with E-state index < -0.39 is 33.8 Å². The van der Waals surface area contributed by atoms with Crippen LogP contribution < -0.4 is 9.62 Å². The number of nitrogens with one attached hydrogen (secondary N) is 1. The van der Waals surface area contributed by atoms with E-state index >= 15 is 0 Å². The molecule has 2 aliphatic rings. The first-order chi connectivity index (χ1) is 17.2. The predicted molar refractivity (Wildman–Crippen MR) is 140 cm³/mol. The number of hydrogen-bond donors (Lipinski definition) is 1. The largest absolute Gasteiger partial charge is 0.381 e. The van der Waals surface area contributed by atoms with Crippen molar-refractivity contribution in [2.45, 2.75) is 44.4 Å². The predicted octanol–water partition coefficient (Wildman–Crippen LogP) is 3.56. The second kappa shape index (κ2) is 11.1. The van der Waals surface area contributed by atoms with E-state index in [4.69, 9.17) is 21.3 Å². The molecule has 1 unspecified atom stereocenters. The Bertz CT molecular complexity index is 1260. The van der Waals surface area contributed by atoms with Crippen molar-refractivity contribution in [3.05, 3.63) is 64.7 Å². The van der Waals surface area contributed by atoms with E-state index in [9.17, 15) is 18.0 Å². The zero-order chi connectivity index (χ0) is 25.9. The summed E-state index contributed by atoms with van der Waals surface area (Å²) >= 11 is 6.34. The number of carbonyl (C=O) groups excluding carboxylic acids is 2. The molecule has 2 amide bonds. The molecule has 0 bridgehead atoms. The number of benzene rings is 2. The molecule has 8 nitrogen and oxygen atoms in total. The molecule has 0 spiro atoms. The Balaban J connectivity index is 1.73. The lowest BCUT2D eigenvalue weighted by Crippen LogP contribution is -2.49. The molecular formula is C26H30ClN3O5S. The third-order valence-electron chi connectivity index (χ3n) is 6.69. The second-order valence-corrected chi connectivity index (χ2v) is 11.5. The number of aliphatic imine (C=N–C) groups is 1. The SMILES string of the molecule is CC[C@H](C)C1N=C(c2ccccc2)c2cc(Cl)ccc2N(CC(=O)NS(=O)(=O)C2CCOCC2)C1=O. The molecular weight excluding hydrogens is 502 g/mol. The highest BCUT2D eigenvalue weighted by molar-refractivity contribution is 7.90. The van der Waals surface area contributed by atoms with Crippen LogP contribution in [0.1, 0.15) is 44.2 Å². The fourth-order valence-corrected chi connectivity index (χ4v) is 6.00. The number of nitrogens with zero attached hydrogens (tertiary/aromatic N) is 2. The zero-order valence-corrected chi connectivity index (χ0v) is 21.9. The molecule has 1 fully saturated rings. The van der Waals surface area contributed by atoms with Crippen LogP contribution in [0.2, 0.25) is 5.02 Å².